The Bertz CT molecular complexity index is 688. The first-order valence-corrected chi connectivity index (χ1v) is 11.4. The monoisotopic (exact) mass is 423 g/mol. The SMILES string of the molecule is CCNC(=NCCc1sc(C)nc1C)NC1CCC(NC(=O)OC(C)(C)C)CC1. The molecule has 0 saturated heterocycles. The Morgan fingerprint density at radius 3 is 2.31 bits per heavy atom. The molecule has 0 unspecified atom stereocenters. The van der Waals surface area contributed by atoms with Crippen molar-refractivity contribution >= 4 is 23.4 Å². The van der Waals surface area contributed by atoms with Crippen LogP contribution in [-0.4, -0.2) is 47.8 Å². The first-order valence-electron chi connectivity index (χ1n) is 10.6. The van der Waals surface area contributed by atoms with Gasteiger partial charge in [-0.3, -0.25) is 4.99 Å². The van der Waals surface area contributed by atoms with E-state index in [2.05, 4.69) is 34.8 Å². The highest BCUT2D eigenvalue weighted by molar-refractivity contribution is 7.11. The van der Waals surface area contributed by atoms with Crippen LogP contribution in [-0.2, 0) is 11.2 Å². The maximum atomic E-state index is 12.0. The quantitative estimate of drug-likeness (QED) is 0.480. The van der Waals surface area contributed by atoms with E-state index in [1.54, 1.807) is 11.3 Å². The molecule has 1 saturated carbocycles. The summed E-state index contributed by atoms with van der Waals surface area (Å²) in [6.45, 7) is 13.4. The van der Waals surface area contributed by atoms with E-state index in [-0.39, 0.29) is 12.1 Å². The van der Waals surface area contributed by atoms with Crippen LogP contribution >= 0.6 is 11.3 Å². The van der Waals surface area contributed by atoms with Crippen LogP contribution in [0.25, 0.3) is 0 Å². The van der Waals surface area contributed by atoms with Crippen LogP contribution < -0.4 is 16.0 Å². The number of aliphatic imine (C=N–C) groups is 1. The second kappa shape index (κ2) is 10.8. The molecular formula is C21H37N5O2S. The van der Waals surface area contributed by atoms with Crippen molar-refractivity contribution in [1.82, 2.24) is 20.9 Å². The summed E-state index contributed by atoms with van der Waals surface area (Å²) in [6, 6.07) is 0.553. The Kier molecular flexibility index (Phi) is 8.74. The van der Waals surface area contributed by atoms with Crippen molar-refractivity contribution in [2.24, 2.45) is 4.99 Å². The molecule has 7 nitrogen and oxygen atoms in total. The molecular weight excluding hydrogens is 386 g/mol. The van der Waals surface area contributed by atoms with E-state index in [4.69, 9.17) is 9.73 Å². The fourth-order valence-electron chi connectivity index (χ4n) is 3.44. The molecule has 0 radical (unpaired) electrons. The number of rotatable bonds is 6. The van der Waals surface area contributed by atoms with Crippen LogP contribution in [0.5, 0.6) is 0 Å². The fraction of sp³-hybridized carbons (Fsp3) is 0.762. The molecule has 3 N–H and O–H groups in total. The maximum Gasteiger partial charge on any atom is 0.407 e. The van der Waals surface area contributed by atoms with Crippen molar-refractivity contribution in [3.8, 4) is 0 Å². The highest BCUT2D eigenvalue weighted by Gasteiger charge is 2.25. The molecule has 1 aromatic rings. The van der Waals surface area contributed by atoms with Crippen LogP contribution in [0, 0.1) is 13.8 Å². The topological polar surface area (TPSA) is 87.6 Å². The highest BCUT2D eigenvalue weighted by Crippen LogP contribution is 2.20. The number of nitrogens with one attached hydrogen (secondary N) is 3. The molecule has 1 heterocycles. The summed E-state index contributed by atoms with van der Waals surface area (Å²) in [5.41, 5.74) is 0.660. The summed E-state index contributed by atoms with van der Waals surface area (Å²) in [6.07, 6.45) is 4.47. The Morgan fingerprint density at radius 1 is 1.17 bits per heavy atom. The summed E-state index contributed by atoms with van der Waals surface area (Å²) in [7, 11) is 0. The van der Waals surface area contributed by atoms with E-state index in [1.807, 2.05) is 27.7 Å². The van der Waals surface area contributed by atoms with Crippen molar-refractivity contribution in [3.05, 3.63) is 15.6 Å². The van der Waals surface area contributed by atoms with Crippen LogP contribution in [0.15, 0.2) is 4.99 Å². The van der Waals surface area contributed by atoms with E-state index in [1.165, 1.54) is 4.88 Å². The second-order valence-corrected chi connectivity index (χ2v) is 9.88. The summed E-state index contributed by atoms with van der Waals surface area (Å²) >= 11 is 1.76. The number of hydrogen-bond acceptors (Lipinski definition) is 5. The molecule has 2 rings (SSSR count). The minimum absolute atomic E-state index is 0.181. The lowest BCUT2D eigenvalue weighted by molar-refractivity contribution is 0.0490. The molecule has 1 amide bonds. The smallest absolute Gasteiger partial charge is 0.407 e. The van der Waals surface area contributed by atoms with Crippen LogP contribution in [0.3, 0.4) is 0 Å². The van der Waals surface area contributed by atoms with E-state index in [9.17, 15) is 4.79 Å². The largest absolute Gasteiger partial charge is 0.444 e. The maximum absolute atomic E-state index is 12.0. The standard InChI is InChI=1S/C21H37N5O2S/c1-7-22-19(23-13-12-18-14(2)24-15(3)29-18)25-16-8-10-17(11-9-16)26-20(27)28-21(4,5)6/h16-17H,7-13H2,1-6H3,(H,26,27)(H2,22,23,25). The minimum Gasteiger partial charge on any atom is -0.444 e. The number of aryl methyl sites for hydroxylation is 2. The Hall–Kier alpha value is -1.83. The third-order valence-electron chi connectivity index (χ3n) is 4.74. The number of guanidine groups is 1. The van der Waals surface area contributed by atoms with Gasteiger partial charge in [-0.2, -0.15) is 0 Å². The van der Waals surface area contributed by atoms with Gasteiger partial charge in [-0.1, -0.05) is 0 Å². The molecule has 0 spiro atoms. The van der Waals surface area contributed by atoms with Crippen LogP contribution in [0.4, 0.5) is 4.79 Å². The zero-order valence-electron chi connectivity index (χ0n) is 18.7. The van der Waals surface area contributed by atoms with Gasteiger partial charge in [0.1, 0.15) is 5.60 Å². The third-order valence-corrected chi connectivity index (χ3v) is 5.87. The van der Waals surface area contributed by atoms with Crippen molar-refractivity contribution in [3.63, 3.8) is 0 Å². The number of ether oxygens (including phenoxy) is 1. The van der Waals surface area contributed by atoms with Gasteiger partial charge in [-0.05, 0) is 67.2 Å². The number of alkyl carbamates (subject to hydrolysis) is 1. The highest BCUT2D eigenvalue weighted by atomic mass is 32.1. The van der Waals surface area contributed by atoms with Crippen LogP contribution in [0.2, 0.25) is 0 Å². The minimum atomic E-state index is -0.462. The molecule has 8 heteroatoms. The van der Waals surface area contributed by atoms with E-state index >= 15 is 0 Å². The summed E-state index contributed by atoms with van der Waals surface area (Å²) in [5.74, 6) is 0.870. The number of nitrogens with zero attached hydrogens (tertiary/aromatic N) is 2. The average molecular weight is 424 g/mol. The van der Waals surface area contributed by atoms with Gasteiger partial charge in [0, 0.05) is 36.5 Å². The Labute approximate surface area is 179 Å². The van der Waals surface area contributed by atoms with Gasteiger partial charge in [0.15, 0.2) is 5.96 Å². The predicted octanol–water partition coefficient (Wildman–Crippen LogP) is 3.69. The predicted molar refractivity (Wildman–Crippen MR) is 120 cm³/mol. The molecule has 0 atom stereocenters. The summed E-state index contributed by atoms with van der Waals surface area (Å²) < 4.78 is 5.36. The average Bonchev–Trinajstić information content (AvgIpc) is 2.92. The van der Waals surface area contributed by atoms with Gasteiger partial charge < -0.3 is 20.7 Å². The van der Waals surface area contributed by atoms with Gasteiger partial charge in [0.05, 0.1) is 10.7 Å². The second-order valence-electron chi connectivity index (χ2n) is 8.59. The first-order chi connectivity index (χ1) is 13.7. The molecule has 0 aliphatic heterocycles. The van der Waals surface area contributed by atoms with Gasteiger partial charge in [0.25, 0.3) is 0 Å². The van der Waals surface area contributed by atoms with E-state index in [0.717, 1.165) is 61.9 Å². The van der Waals surface area contributed by atoms with Gasteiger partial charge in [0.2, 0.25) is 0 Å². The molecule has 1 aromatic heterocycles. The number of carbonyl (C=O) groups is 1. The number of hydrogen-bond donors (Lipinski definition) is 3. The summed E-state index contributed by atoms with van der Waals surface area (Å²) in [5, 5.41) is 11.0. The van der Waals surface area contributed by atoms with Crippen molar-refractivity contribution in [2.45, 2.75) is 91.3 Å². The number of amides is 1. The molecule has 29 heavy (non-hydrogen) atoms. The number of aromatic nitrogens is 1. The third kappa shape index (κ3) is 8.60. The van der Waals surface area contributed by atoms with Gasteiger partial charge in [-0.15, -0.1) is 11.3 Å². The van der Waals surface area contributed by atoms with E-state index in [0.29, 0.717) is 6.04 Å². The zero-order chi connectivity index (χ0) is 21.4. The number of carbonyl (C=O) groups excluding carboxylic acids is 1. The first kappa shape index (κ1) is 23.4. The van der Waals surface area contributed by atoms with E-state index < -0.39 is 5.60 Å². The normalized spacial score (nSPS) is 20.3. The molecule has 0 aromatic carbocycles. The summed E-state index contributed by atoms with van der Waals surface area (Å²) in [4.78, 5) is 22.5. The van der Waals surface area contributed by atoms with Gasteiger partial charge >= 0.3 is 6.09 Å². The molecule has 1 fully saturated rings. The fourth-order valence-corrected chi connectivity index (χ4v) is 4.37. The van der Waals surface area contributed by atoms with Crippen LogP contribution in [0.1, 0.15) is 69.0 Å². The van der Waals surface area contributed by atoms with Crippen molar-refractivity contribution < 1.29 is 9.53 Å². The Morgan fingerprint density at radius 2 is 1.79 bits per heavy atom. The lowest BCUT2D eigenvalue weighted by atomic mass is 9.91. The molecule has 1 aliphatic rings. The Balaban J connectivity index is 1.78. The molecule has 0 bridgehead atoms. The van der Waals surface area contributed by atoms with Crippen molar-refractivity contribution in [1.29, 1.82) is 0 Å². The lowest BCUT2D eigenvalue weighted by Gasteiger charge is -2.31. The number of thiazole rings is 1. The molecule has 164 valence electrons. The molecule has 1 aliphatic carbocycles. The van der Waals surface area contributed by atoms with Gasteiger partial charge in [-0.25, -0.2) is 9.78 Å². The van der Waals surface area contributed by atoms with Crippen molar-refractivity contribution in [2.75, 3.05) is 13.1 Å². The lowest BCUT2D eigenvalue weighted by Crippen LogP contribution is -2.48. The zero-order valence-corrected chi connectivity index (χ0v) is 19.5.